The van der Waals surface area contributed by atoms with Crippen LogP contribution in [0.25, 0.3) is 0 Å². The molecule has 1 aromatic rings. The molecule has 1 atom stereocenters. The van der Waals surface area contributed by atoms with E-state index in [1.165, 1.54) is 31.7 Å². The predicted molar refractivity (Wildman–Crippen MR) is 70.5 cm³/mol. The van der Waals surface area contributed by atoms with Crippen molar-refractivity contribution in [1.82, 2.24) is 9.97 Å². The molecule has 1 rings (SSSR count). The van der Waals surface area contributed by atoms with Gasteiger partial charge in [0.05, 0.1) is 18.1 Å². The van der Waals surface area contributed by atoms with Crippen LogP contribution in [0.3, 0.4) is 0 Å². The van der Waals surface area contributed by atoms with E-state index in [0.717, 1.165) is 18.5 Å². The highest BCUT2D eigenvalue weighted by atomic mass is 19.1. The zero-order valence-electron chi connectivity index (χ0n) is 11.5. The molecule has 0 amide bonds. The van der Waals surface area contributed by atoms with Gasteiger partial charge in [-0.1, -0.05) is 53.4 Å². The SMILES string of the molecule is CCCC(C)c1cnc(F)cn1.CCCCC. The van der Waals surface area contributed by atoms with Crippen molar-refractivity contribution in [2.45, 2.75) is 65.7 Å². The lowest BCUT2D eigenvalue weighted by Crippen LogP contribution is -1.98. The van der Waals surface area contributed by atoms with E-state index in [1.807, 2.05) is 0 Å². The van der Waals surface area contributed by atoms with Crippen LogP contribution in [0, 0.1) is 5.95 Å². The van der Waals surface area contributed by atoms with Crippen molar-refractivity contribution in [2.75, 3.05) is 0 Å². The van der Waals surface area contributed by atoms with E-state index in [-0.39, 0.29) is 0 Å². The lowest BCUT2D eigenvalue weighted by molar-refractivity contribution is 0.564. The number of rotatable bonds is 5. The van der Waals surface area contributed by atoms with Gasteiger partial charge in [0.25, 0.3) is 0 Å². The fourth-order valence-corrected chi connectivity index (χ4v) is 1.51. The molecule has 17 heavy (non-hydrogen) atoms. The third-order valence-corrected chi connectivity index (χ3v) is 2.57. The monoisotopic (exact) mass is 240 g/mol. The normalized spacial score (nSPS) is 11.6. The van der Waals surface area contributed by atoms with Crippen LogP contribution in [0.5, 0.6) is 0 Å². The van der Waals surface area contributed by atoms with Gasteiger partial charge >= 0.3 is 0 Å². The molecule has 0 aromatic carbocycles. The molecule has 98 valence electrons. The summed E-state index contributed by atoms with van der Waals surface area (Å²) < 4.78 is 12.4. The Morgan fingerprint density at radius 3 is 2.06 bits per heavy atom. The lowest BCUT2D eigenvalue weighted by atomic mass is 10.0. The van der Waals surface area contributed by atoms with Gasteiger partial charge in [-0.15, -0.1) is 0 Å². The summed E-state index contributed by atoms with van der Waals surface area (Å²) in [5.41, 5.74) is 0.873. The summed E-state index contributed by atoms with van der Waals surface area (Å²) in [6, 6.07) is 0. The van der Waals surface area contributed by atoms with Crippen LogP contribution < -0.4 is 0 Å². The second kappa shape index (κ2) is 10.2. The number of nitrogens with zero attached hydrogens (tertiary/aromatic N) is 2. The van der Waals surface area contributed by atoms with Crippen molar-refractivity contribution >= 4 is 0 Å². The maximum Gasteiger partial charge on any atom is 0.231 e. The minimum atomic E-state index is -0.512. The van der Waals surface area contributed by atoms with Gasteiger partial charge in [-0.3, -0.25) is 4.98 Å². The third kappa shape index (κ3) is 7.83. The number of hydrogen-bond donors (Lipinski definition) is 0. The average molecular weight is 240 g/mol. The first-order valence-electron chi connectivity index (χ1n) is 6.63. The highest BCUT2D eigenvalue weighted by molar-refractivity contribution is 5.01. The predicted octanol–water partition coefficient (Wildman–Crippen LogP) is 4.72. The minimum absolute atomic E-state index is 0.378. The topological polar surface area (TPSA) is 25.8 Å². The largest absolute Gasteiger partial charge is 0.255 e. The molecule has 2 nitrogen and oxygen atoms in total. The Morgan fingerprint density at radius 2 is 1.71 bits per heavy atom. The second-order valence-electron chi connectivity index (χ2n) is 4.31. The highest BCUT2D eigenvalue weighted by Gasteiger charge is 2.05. The maximum absolute atomic E-state index is 12.4. The van der Waals surface area contributed by atoms with E-state index < -0.39 is 5.95 Å². The lowest BCUT2D eigenvalue weighted by Gasteiger charge is -2.07. The molecule has 1 aromatic heterocycles. The zero-order valence-corrected chi connectivity index (χ0v) is 11.5. The van der Waals surface area contributed by atoms with Gasteiger partial charge < -0.3 is 0 Å². The van der Waals surface area contributed by atoms with Gasteiger partial charge in [0, 0.05) is 0 Å². The van der Waals surface area contributed by atoms with E-state index in [1.54, 1.807) is 0 Å². The van der Waals surface area contributed by atoms with Crippen molar-refractivity contribution in [3.8, 4) is 0 Å². The van der Waals surface area contributed by atoms with Crippen molar-refractivity contribution < 1.29 is 4.39 Å². The summed E-state index contributed by atoms with van der Waals surface area (Å²) in [5.74, 6) is -0.134. The standard InChI is InChI=1S/C9H13FN2.C5H12/c1-3-4-7(2)8-5-12-9(10)6-11-8;1-3-5-4-2/h5-7H,3-4H2,1-2H3;3-5H2,1-2H3. The molecule has 0 saturated heterocycles. The first kappa shape index (κ1) is 16.0. The van der Waals surface area contributed by atoms with E-state index in [4.69, 9.17) is 0 Å². The van der Waals surface area contributed by atoms with Crippen LogP contribution in [-0.2, 0) is 0 Å². The molecule has 0 aliphatic carbocycles. The number of halogens is 1. The fourth-order valence-electron chi connectivity index (χ4n) is 1.51. The number of unbranched alkanes of at least 4 members (excludes halogenated alkanes) is 2. The highest BCUT2D eigenvalue weighted by Crippen LogP contribution is 2.16. The van der Waals surface area contributed by atoms with Gasteiger partial charge in [0.15, 0.2) is 0 Å². The minimum Gasteiger partial charge on any atom is -0.255 e. The number of aromatic nitrogens is 2. The summed E-state index contributed by atoms with van der Waals surface area (Å²) >= 11 is 0. The molecular weight excluding hydrogens is 215 g/mol. The second-order valence-corrected chi connectivity index (χ2v) is 4.31. The Morgan fingerprint density at radius 1 is 1.06 bits per heavy atom. The molecule has 0 radical (unpaired) electrons. The maximum atomic E-state index is 12.4. The third-order valence-electron chi connectivity index (χ3n) is 2.57. The Balaban J connectivity index is 0.000000437. The van der Waals surface area contributed by atoms with Crippen molar-refractivity contribution in [2.24, 2.45) is 0 Å². The van der Waals surface area contributed by atoms with Gasteiger partial charge in [-0.25, -0.2) is 4.98 Å². The summed E-state index contributed by atoms with van der Waals surface area (Å²) in [4.78, 5) is 7.51. The molecule has 0 aliphatic rings. The quantitative estimate of drug-likeness (QED) is 0.744. The van der Waals surface area contributed by atoms with Crippen LogP contribution in [-0.4, -0.2) is 9.97 Å². The van der Waals surface area contributed by atoms with Crippen LogP contribution in [0.1, 0.15) is 71.4 Å². The molecule has 0 bridgehead atoms. The molecule has 3 heteroatoms. The molecule has 1 unspecified atom stereocenters. The summed E-state index contributed by atoms with van der Waals surface area (Å²) in [7, 11) is 0. The molecule has 0 aliphatic heterocycles. The average Bonchev–Trinajstić information content (AvgIpc) is 2.32. The summed E-state index contributed by atoms with van der Waals surface area (Å²) in [6.07, 6.45) is 8.94. The summed E-state index contributed by atoms with van der Waals surface area (Å²) in [6.45, 7) is 8.62. The van der Waals surface area contributed by atoms with Gasteiger partial charge in [0.1, 0.15) is 0 Å². The van der Waals surface area contributed by atoms with E-state index in [0.29, 0.717) is 5.92 Å². The fraction of sp³-hybridized carbons (Fsp3) is 0.714. The van der Waals surface area contributed by atoms with Crippen LogP contribution in [0.2, 0.25) is 0 Å². The van der Waals surface area contributed by atoms with E-state index in [9.17, 15) is 4.39 Å². The van der Waals surface area contributed by atoms with E-state index in [2.05, 4.69) is 37.7 Å². The van der Waals surface area contributed by atoms with Gasteiger partial charge in [0.2, 0.25) is 5.95 Å². The molecule has 0 spiro atoms. The van der Waals surface area contributed by atoms with Crippen molar-refractivity contribution in [3.05, 3.63) is 24.0 Å². The van der Waals surface area contributed by atoms with Crippen molar-refractivity contribution in [1.29, 1.82) is 0 Å². The smallest absolute Gasteiger partial charge is 0.231 e. The molecule has 1 heterocycles. The zero-order chi connectivity index (χ0) is 13.1. The first-order chi connectivity index (χ1) is 8.15. The molecular formula is C14H25FN2. The van der Waals surface area contributed by atoms with Crippen LogP contribution in [0.4, 0.5) is 4.39 Å². The van der Waals surface area contributed by atoms with Crippen molar-refractivity contribution in [3.63, 3.8) is 0 Å². The van der Waals surface area contributed by atoms with Crippen LogP contribution in [0.15, 0.2) is 12.4 Å². The Kier molecular flexibility index (Phi) is 9.59. The number of hydrogen-bond acceptors (Lipinski definition) is 2. The Hall–Kier alpha value is -0.990. The summed E-state index contributed by atoms with van der Waals surface area (Å²) in [5, 5.41) is 0. The van der Waals surface area contributed by atoms with Crippen LogP contribution >= 0.6 is 0 Å². The Bertz CT molecular complexity index is 270. The molecule has 0 N–H and O–H groups in total. The van der Waals surface area contributed by atoms with Gasteiger partial charge in [-0.2, -0.15) is 4.39 Å². The molecule has 0 fully saturated rings. The first-order valence-corrected chi connectivity index (χ1v) is 6.63. The molecule has 0 saturated carbocycles. The Labute approximate surface area is 105 Å². The van der Waals surface area contributed by atoms with Gasteiger partial charge in [-0.05, 0) is 12.3 Å². The van der Waals surface area contributed by atoms with E-state index >= 15 is 0 Å².